The van der Waals surface area contributed by atoms with Crippen LogP contribution in [0.15, 0.2) is 30.3 Å². The maximum atomic E-state index is 11.6. The number of hydrogen-bond acceptors (Lipinski definition) is 2. The Labute approximate surface area is 89.3 Å². The molecule has 0 unspecified atom stereocenters. The molecule has 2 heteroatoms. The number of carbonyl (C=O) groups is 2. The van der Waals surface area contributed by atoms with E-state index < -0.39 is 0 Å². The van der Waals surface area contributed by atoms with Crippen LogP contribution in [0.4, 0.5) is 0 Å². The predicted molar refractivity (Wildman–Crippen MR) is 57.7 cm³/mol. The Morgan fingerprint density at radius 1 is 1.07 bits per heavy atom. The second-order valence-corrected chi connectivity index (χ2v) is 4.03. The lowest BCUT2D eigenvalue weighted by molar-refractivity contribution is -0.120. The quantitative estimate of drug-likeness (QED) is 0.688. The van der Waals surface area contributed by atoms with Crippen LogP contribution >= 0.6 is 0 Å². The van der Waals surface area contributed by atoms with E-state index in [4.69, 9.17) is 0 Å². The molecule has 1 fully saturated rings. The molecule has 1 saturated carbocycles. The molecule has 0 spiro atoms. The van der Waals surface area contributed by atoms with Gasteiger partial charge in [0.05, 0.1) is 0 Å². The summed E-state index contributed by atoms with van der Waals surface area (Å²) >= 11 is 0. The zero-order valence-corrected chi connectivity index (χ0v) is 8.61. The summed E-state index contributed by atoms with van der Waals surface area (Å²) < 4.78 is 0. The van der Waals surface area contributed by atoms with Gasteiger partial charge in [0.1, 0.15) is 5.78 Å². The summed E-state index contributed by atoms with van der Waals surface area (Å²) in [5, 5.41) is 0. The normalized spacial score (nSPS) is 14.9. The van der Waals surface area contributed by atoms with Gasteiger partial charge in [-0.25, -0.2) is 0 Å². The SMILES string of the molecule is O=C(CCC(=O)C1CC1)c1ccccc1. The summed E-state index contributed by atoms with van der Waals surface area (Å²) in [6, 6.07) is 9.16. The molecule has 0 atom stereocenters. The lowest BCUT2D eigenvalue weighted by Crippen LogP contribution is -2.05. The van der Waals surface area contributed by atoms with Gasteiger partial charge in [0.2, 0.25) is 0 Å². The monoisotopic (exact) mass is 202 g/mol. The Morgan fingerprint density at radius 2 is 1.73 bits per heavy atom. The van der Waals surface area contributed by atoms with Crippen LogP contribution in [0.5, 0.6) is 0 Å². The molecule has 78 valence electrons. The van der Waals surface area contributed by atoms with E-state index in [9.17, 15) is 9.59 Å². The molecule has 0 N–H and O–H groups in total. The summed E-state index contributed by atoms with van der Waals surface area (Å²) in [6.45, 7) is 0. The Kier molecular flexibility index (Phi) is 2.95. The van der Waals surface area contributed by atoms with Crippen LogP contribution in [-0.2, 0) is 4.79 Å². The highest BCUT2D eigenvalue weighted by atomic mass is 16.1. The Balaban J connectivity index is 1.84. The van der Waals surface area contributed by atoms with Gasteiger partial charge in [-0.2, -0.15) is 0 Å². The first kappa shape index (κ1) is 10.1. The Bertz CT molecular complexity index is 363. The first-order valence-electron chi connectivity index (χ1n) is 5.38. The summed E-state index contributed by atoms with van der Waals surface area (Å²) in [6.07, 6.45) is 2.83. The van der Waals surface area contributed by atoms with Crippen molar-refractivity contribution >= 4 is 11.6 Å². The van der Waals surface area contributed by atoms with Crippen molar-refractivity contribution in [2.75, 3.05) is 0 Å². The number of ketones is 2. The van der Waals surface area contributed by atoms with Gasteiger partial charge in [0.15, 0.2) is 5.78 Å². The number of benzene rings is 1. The van der Waals surface area contributed by atoms with Crippen molar-refractivity contribution in [3.8, 4) is 0 Å². The molecule has 15 heavy (non-hydrogen) atoms. The molecular weight excluding hydrogens is 188 g/mol. The van der Waals surface area contributed by atoms with Crippen LogP contribution in [0.3, 0.4) is 0 Å². The molecule has 1 aliphatic carbocycles. The molecule has 1 aromatic rings. The van der Waals surface area contributed by atoms with Gasteiger partial charge in [-0.15, -0.1) is 0 Å². The largest absolute Gasteiger partial charge is 0.299 e. The third kappa shape index (κ3) is 2.75. The smallest absolute Gasteiger partial charge is 0.163 e. The fourth-order valence-corrected chi connectivity index (χ4v) is 1.61. The van der Waals surface area contributed by atoms with E-state index in [0.717, 1.165) is 12.8 Å². The van der Waals surface area contributed by atoms with E-state index in [1.165, 1.54) is 0 Å². The number of Topliss-reactive ketones (excluding diaryl/α,β-unsaturated/α-hetero) is 2. The third-order valence-corrected chi connectivity index (χ3v) is 2.73. The number of hydrogen-bond donors (Lipinski definition) is 0. The highest BCUT2D eigenvalue weighted by Crippen LogP contribution is 2.31. The Hall–Kier alpha value is -1.44. The molecule has 0 aliphatic heterocycles. The molecular formula is C13H14O2. The fourth-order valence-electron chi connectivity index (χ4n) is 1.61. The highest BCUT2D eigenvalue weighted by molar-refractivity contribution is 5.98. The minimum atomic E-state index is 0.0737. The van der Waals surface area contributed by atoms with Crippen LogP contribution in [0, 0.1) is 5.92 Å². The van der Waals surface area contributed by atoms with Crippen LogP contribution < -0.4 is 0 Å². The van der Waals surface area contributed by atoms with Crippen molar-refractivity contribution in [3.63, 3.8) is 0 Å². The zero-order valence-electron chi connectivity index (χ0n) is 8.61. The lowest BCUT2D eigenvalue weighted by Gasteiger charge is -1.99. The highest BCUT2D eigenvalue weighted by Gasteiger charge is 2.29. The molecule has 0 heterocycles. The number of carbonyl (C=O) groups excluding carboxylic acids is 2. The molecule has 0 aromatic heterocycles. The van der Waals surface area contributed by atoms with Gasteiger partial charge < -0.3 is 0 Å². The zero-order chi connectivity index (χ0) is 10.7. The molecule has 0 saturated heterocycles. The van der Waals surface area contributed by atoms with E-state index in [0.29, 0.717) is 18.4 Å². The van der Waals surface area contributed by atoms with Crippen LogP contribution in [-0.4, -0.2) is 11.6 Å². The molecule has 0 bridgehead atoms. The van der Waals surface area contributed by atoms with Crippen molar-refractivity contribution in [1.29, 1.82) is 0 Å². The maximum absolute atomic E-state index is 11.6. The van der Waals surface area contributed by atoms with Crippen molar-refractivity contribution in [2.45, 2.75) is 25.7 Å². The van der Waals surface area contributed by atoms with E-state index in [1.807, 2.05) is 18.2 Å². The van der Waals surface area contributed by atoms with Crippen molar-refractivity contribution in [1.82, 2.24) is 0 Å². The molecule has 0 amide bonds. The molecule has 1 aliphatic rings. The van der Waals surface area contributed by atoms with Gasteiger partial charge >= 0.3 is 0 Å². The van der Waals surface area contributed by atoms with Gasteiger partial charge in [0, 0.05) is 24.3 Å². The minimum Gasteiger partial charge on any atom is -0.299 e. The standard InChI is InChI=1S/C13H14O2/c14-12(10-4-2-1-3-5-10)8-9-13(15)11-6-7-11/h1-5,11H,6-9H2. The molecule has 1 aromatic carbocycles. The average molecular weight is 202 g/mol. The molecule has 0 radical (unpaired) electrons. The van der Waals surface area contributed by atoms with E-state index in [-0.39, 0.29) is 17.5 Å². The molecule has 2 nitrogen and oxygen atoms in total. The Morgan fingerprint density at radius 3 is 2.33 bits per heavy atom. The maximum Gasteiger partial charge on any atom is 0.163 e. The third-order valence-electron chi connectivity index (χ3n) is 2.73. The topological polar surface area (TPSA) is 34.1 Å². The van der Waals surface area contributed by atoms with Gasteiger partial charge in [-0.3, -0.25) is 9.59 Å². The molecule has 2 rings (SSSR count). The van der Waals surface area contributed by atoms with E-state index in [2.05, 4.69) is 0 Å². The summed E-state index contributed by atoms with van der Waals surface area (Å²) in [7, 11) is 0. The predicted octanol–water partition coefficient (Wildman–Crippen LogP) is 2.63. The van der Waals surface area contributed by atoms with E-state index >= 15 is 0 Å². The summed E-state index contributed by atoms with van der Waals surface area (Å²) in [4.78, 5) is 23.0. The van der Waals surface area contributed by atoms with E-state index in [1.54, 1.807) is 12.1 Å². The number of rotatable bonds is 5. The lowest BCUT2D eigenvalue weighted by atomic mass is 10.0. The second-order valence-electron chi connectivity index (χ2n) is 4.03. The first-order valence-corrected chi connectivity index (χ1v) is 5.38. The second kappa shape index (κ2) is 4.39. The average Bonchev–Trinajstić information content (AvgIpc) is 3.10. The summed E-state index contributed by atoms with van der Waals surface area (Å²) in [5.74, 6) is 0.609. The fraction of sp³-hybridized carbons (Fsp3) is 0.385. The van der Waals surface area contributed by atoms with Crippen LogP contribution in [0.2, 0.25) is 0 Å². The van der Waals surface area contributed by atoms with Crippen molar-refractivity contribution < 1.29 is 9.59 Å². The minimum absolute atomic E-state index is 0.0737. The summed E-state index contributed by atoms with van der Waals surface area (Å²) in [5.41, 5.74) is 0.709. The van der Waals surface area contributed by atoms with Crippen LogP contribution in [0.25, 0.3) is 0 Å². The van der Waals surface area contributed by atoms with Crippen molar-refractivity contribution in [3.05, 3.63) is 35.9 Å². The van der Waals surface area contributed by atoms with Crippen LogP contribution in [0.1, 0.15) is 36.0 Å². The first-order chi connectivity index (χ1) is 7.27. The van der Waals surface area contributed by atoms with Crippen molar-refractivity contribution in [2.24, 2.45) is 5.92 Å². The van der Waals surface area contributed by atoms with Gasteiger partial charge in [-0.1, -0.05) is 30.3 Å². The van der Waals surface area contributed by atoms with Gasteiger partial charge in [0.25, 0.3) is 0 Å². The van der Waals surface area contributed by atoms with Gasteiger partial charge in [-0.05, 0) is 12.8 Å².